The Hall–Kier alpha value is -0.160. The molecular formula is C14H26O4. The SMILES string of the molecule is CC[C@H](OCC(C)C)[C@@H]1C[C@H]2OC(C)(C)O[C@H]2O1. The Morgan fingerprint density at radius 2 is 2.00 bits per heavy atom. The molecule has 0 bridgehead atoms. The second-order valence-corrected chi connectivity index (χ2v) is 6.13. The molecule has 4 atom stereocenters. The van der Waals surface area contributed by atoms with E-state index in [1.165, 1.54) is 0 Å². The Bertz CT molecular complexity index is 261. The molecule has 4 nitrogen and oxygen atoms in total. The number of hydrogen-bond acceptors (Lipinski definition) is 4. The molecule has 0 spiro atoms. The maximum atomic E-state index is 5.93. The smallest absolute Gasteiger partial charge is 0.187 e. The molecule has 0 aliphatic carbocycles. The zero-order chi connectivity index (χ0) is 13.3. The van der Waals surface area contributed by atoms with Crippen LogP contribution in [0.2, 0.25) is 0 Å². The normalized spacial score (nSPS) is 36.0. The van der Waals surface area contributed by atoms with Crippen molar-refractivity contribution in [1.82, 2.24) is 0 Å². The summed E-state index contributed by atoms with van der Waals surface area (Å²) in [5.41, 5.74) is 0. The molecule has 2 heterocycles. The molecule has 106 valence electrons. The predicted octanol–water partition coefficient (Wildman–Crippen LogP) is 2.70. The van der Waals surface area contributed by atoms with Crippen molar-refractivity contribution < 1.29 is 18.9 Å². The summed E-state index contributed by atoms with van der Waals surface area (Å²) in [5, 5.41) is 0. The highest BCUT2D eigenvalue weighted by Gasteiger charge is 2.50. The van der Waals surface area contributed by atoms with Crippen molar-refractivity contribution in [3.05, 3.63) is 0 Å². The van der Waals surface area contributed by atoms with Crippen molar-refractivity contribution in [3.63, 3.8) is 0 Å². The third-order valence-electron chi connectivity index (χ3n) is 3.37. The van der Waals surface area contributed by atoms with E-state index >= 15 is 0 Å². The van der Waals surface area contributed by atoms with Gasteiger partial charge in [0.05, 0.1) is 12.2 Å². The van der Waals surface area contributed by atoms with Crippen LogP contribution in [0.5, 0.6) is 0 Å². The predicted molar refractivity (Wildman–Crippen MR) is 68.2 cm³/mol. The highest BCUT2D eigenvalue weighted by Crippen LogP contribution is 2.38. The second kappa shape index (κ2) is 5.45. The molecule has 4 heteroatoms. The Kier molecular flexibility index (Phi) is 4.32. The van der Waals surface area contributed by atoms with Gasteiger partial charge in [-0.05, 0) is 26.2 Å². The van der Waals surface area contributed by atoms with E-state index in [2.05, 4.69) is 20.8 Å². The van der Waals surface area contributed by atoms with Gasteiger partial charge in [-0.2, -0.15) is 0 Å². The molecule has 2 fully saturated rings. The number of hydrogen-bond donors (Lipinski definition) is 0. The minimum Gasteiger partial charge on any atom is -0.375 e. The van der Waals surface area contributed by atoms with Gasteiger partial charge < -0.3 is 18.9 Å². The largest absolute Gasteiger partial charge is 0.375 e. The first-order valence-electron chi connectivity index (χ1n) is 7.04. The summed E-state index contributed by atoms with van der Waals surface area (Å²) in [5.74, 6) is 0.0345. The summed E-state index contributed by atoms with van der Waals surface area (Å²) in [6.45, 7) is 11.1. The first-order chi connectivity index (χ1) is 8.41. The summed E-state index contributed by atoms with van der Waals surface area (Å²) < 4.78 is 23.4. The van der Waals surface area contributed by atoms with E-state index in [4.69, 9.17) is 18.9 Å². The van der Waals surface area contributed by atoms with Crippen LogP contribution in [0.4, 0.5) is 0 Å². The zero-order valence-corrected chi connectivity index (χ0v) is 12.1. The molecular weight excluding hydrogens is 232 g/mol. The maximum absolute atomic E-state index is 5.93. The average Bonchev–Trinajstić information content (AvgIpc) is 2.71. The highest BCUT2D eigenvalue weighted by atomic mass is 16.8. The minimum absolute atomic E-state index is 0.0571. The van der Waals surface area contributed by atoms with Crippen LogP contribution in [0.3, 0.4) is 0 Å². The van der Waals surface area contributed by atoms with Gasteiger partial charge in [0, 0.05) is 13.0 Å². The van der Waals surface area contributed by atoms with E-state index in [1.807, 2.05) is 13.8 Å². The summed E-state index contributed by atoms with van der Waals surface area (Å²) in [6.07, 6.45) is 1.90. The monoisotopic (exact) mass is 258 g/mol. The van der Waals surface area contributed by atoms with Crippen LogP contribution in [0.15, 0.2) is 0 Å². The molecule has 0 saturated carbocycles. The molecule has 0 aromatic carbocycles. The third-order valence-corrected chi connectivity index (χ3v) is 3.37. The standard InChI is InChI=1S/C14H26O4/c1-6-10(15-8-9(2)3)11-7-12-13(16-11)18-14(4,5)17-12/h9-13H,6-8H2,1-5H3/t10-,11-,12+,13+/m0/s1. The topological polar surface area (TPSA) is 36.9 Å². The maximum Gasteiger partial charge on any atom is 0.187 e. The van der Waals surface area contributed by atoms with E-state index in [0.29, 0.717) is 5.92 Å². The molecule has 18 heavy (non-hydrogen) atoms. The first kappa shape index (κ1) is 14.3. The van der Waals surface area contributed by atoms with E-state index < -0.39 is 5.79 Å². The van der Waals surface area contributed by atoms with Gasteiger partial charge >= 0.3 is 0 Å². The molecule has 2 rings (SSSR count). The van der Waals surface area contributed by atoms with Gasteiger partial charge in [-0.3, -0.25) is 0 Å². The Balaban J connectivity index is 1.85. The fourth-order valence-corrected chi connectivity index (χ4v) is 2.58. The van der Waals surface area contributed by atoms with E-state index in [0.717, 1.165) is 19.4 Å². The lowest BCUT2D eigenvalue weighted by molar-refractivity contribution is -0.217. The fourth-order valence-electron chi connectivity index (χ4n) is 2.58. The van der Waals surface area contributed by atoms with E-state index in [9.17, 15) is 0 Å². The molecule has 2 saturated heterocycles. The third kappa shape index (κ3) is 3.23. The lowest BCUT2D eigenvalue weighted by atomic mass is 10.1. The molecule has 2 aliphatic heterocycles. The molecule has 0 unspecified atom stereocenters. The van der Waals surface area contributed by atoms with Crippen LogP contribution < -0.4 is 0 Å². The molecule has 0 amide bonds. The number of rotatable bonds is 5. The fraction of sp³-hybridized carbons (Fsp3) is 1.00. The van der Waals surface area contributed by atoms with Crippen molar-refractivity contribution in [2.24, 2.45) is 5.92 Å². The van der Waals surface area contributed by atoms with E-state index in [1.54, 1.807) is 0 Å². The molecule has 0 N–H and O–H groups in total. The van der Waals surface area contributed by atoms with E-state index in [-0.39, 0.29) is 24.6 Å². The van der Waals surface area contributed by atoms with Gasteiger partial charge in [-0.25, -0.2) is 0 Å². The lowest BCUT2D eigenvalue weighted by Gasteiger charge is -2.26. The van der Waals surface area contributed by atoms with Crippen molar-refractivity contribution in [2.75, 3.05) is 6.61 Å². The van der Waals surface area contributed by atoms with Gasteiger partial charge in [-0.1, -0.05) is 20.8 Å². The summed E-state index contributed by atoms with van der Waals surface area (Å²) in [4.78, 5) is 0. The van der Waals surface area contributed by atoms with Crippen LogP contribution in [-0.2, 0) is 18.9 Å². The van der Waals surface area contributed by atoms with Gasteiger partial charge in [0.25, 0.3) is 0 Å². The van der Waals surface area contributed by atoms with Crippen LogP contribution in [0.1, 0.15) is 47.5 Å². The molecule has 2 aliphatic rings. The van der Waals surface area contributed by atoms with Gasteiger partial charge in [0.15, 0.2) is 12.1 Å². The van der Waals surface area contributed by atoms with Gasteiger partial charge in [0.1, 0.15) is 6.10 Å². The molecule has 0 aromatic rings. The summed E-state index contributed by atoms with van der Waals surface area (Å²) >= 11 is 0. The van der Waals surface area contributed by atoms with Gasteiger partial charge in [-0.15, -0.1) is 0 Å². The molecule has 0 radical (unpaired) electrons. The number of ether oxygens (including phenoxy) is 4. The summed E-state index contributed by atoms with van der Waals surface area (Å²) in [6, 6.07) is 0. The van der Waals surface area contributed by atoms with Crippen LogP contribution in [-0.4, -0.2) is 37.0 Å². The quantitative estimate of drug-likeness (QED) is 0.760. The molecule has 0 aromatic heterocycles. The highest BCUT2D eigenvalue weighted by molar-refractivity contribution is 4.88. The number of fused-ring (bicyclic) bond motifs is 1. The van der Waals surface area contributed by atoms with Crippen molar-refractivity contribution in [2.45, 2.75) is 77.8 Å². The van der Waals surface area contributed by atoms with Gasteiger partial charge in [0.2, 0.25) is 0 Å². The van der Waals surface area contributed by atoms with Crippen LogP contribution in [0.25, 0.3) is 0 Å². The first-order valence-corrected chi connectivity index (χ1v) is 7.04. The average molecular weight is 258 g/mol. The van der Waals surface area contributed by atoms with Crippen LogP contribution in [0, 0.1) is 5.92 Å². The second-order valence-electron chi connectivity index (χ2n) is 6.13. The Morgan fingerprint density at radius 1 is 1.28 bits per heavy atom. The van der Waals surface area contributed by atoms with Crippen LogP contribution >= 0.6 is 0 Å². The Morgan fingerprint density at radius 3 is 2.56 bits per heavy atom. The van der Waals surface area contributed by atoms with Crippen molar-refractivity contribution >= 4 is 0 Å². The Labute approximate surface area is 110 Å². The minimum atomic E-state index is -0.513. The van der Waals surface area contributed by atoms with Crippen molar-refractivity contribution in [1.29, 1.82) is 0 Å². The van der Waals surface area contributed by atoms with Crippen molar-refractivity contribution in [3.8, 4) is 0 Å². The zero-order valence-electron chi connectivity index (χ0n) is 12.1. The summed E-state index contributed by atoms with van der Waals surface area (Å²) in [7, 11) is 0. The lowest BCUT2D eigenvalue weighted by Crippen LogP contribution is -2.32.